The molecule has 0 aromatic heterocycles. The molecule has 2 atom stereocenters. The molecule has 0 spiro atoms. The summed E-state index contributed by atoms with van der Waals surface area (Å²) in [5.74, 6) is -2.38. The van der Waals surface area contributed by atoms with Crippen molar-refractivity contribution in [3.05, 3.63) is 0 Å². The molecule has 0 aromatic carbocycles. The van der Waals surface area contributed by atoms with Crippen molar-refractivity contribution in [2.45, 2.75) is 71.4 Å². The summed E-state index contributed by atoms with van der Waals surface area (Å²) in [5, 5.41) is 19.6. The number of hydrogen-bond donors (Lipinski definition) is 5. The second kappa shape index (κ2) is 14.4. The summed E-state index contributed by atoms with van der Waals surface area (Å²) >= 11 is 0. The minimum absolute atomic E-state index is 0.140. The van der Waals surface area contributed by atoms with Crippen LogP contribution in [0.1, 0.15) is 59.3 Å². The molecule has 0 aliphatic carbocycles. The number of carboxylic acids is 1. The predicted molar refractivity (Wildman–Crippen MR) is 102 cm³/mol. The summed E-state index contributed by atoms with van der Waals surface area (Å²) in [6, 6.07) is -1.91. The van der Waals surface area contributed by atoms with Gasteiger partial charge in [-0.05, 0) is 38.5 Å². The number of carbonyl (C=O) groups is 5. The summed E-state index contributed by atoms with van der Waals surface area (Å²) in [4.78, 5) is 56.8. The third kappa shape index (κ3) is 13.5. The molecule has 0 fully saturated rings. The molecule has 0 heterocycles. The highest BCUT2D eigenvalue weighted by molar-refractivity contribution is 5.89. The Morgan fingerprint density at radius 3 is 1.54 bits per heavy atom. The molecule has 0 aliphatic heterocycles. The first kappa shape index (κ1) is 25.4. The molecule has 0 aliphatic rings. The van der Waals surface area contributed by atoms with Gasteiger partial charge in [0.2, 0.25) is 23.6 Å². The molecule has 10 heteroatoms. The van der Waals surface area contributed by atoms with Crippen molar-refractivity contribution < 1.29 is 29.1 Å². The standard InChI is InChI=1S/C18H32N4O6/c1-12(23)19-10-6-4-8-15(21-14(3)25)17(26)22-16(18(27)28)9-5-7-11-20-13(2)24/h15-16H,4-11H2,1-3H3,(H,19,23)(H,20,24)(H,21,25)(H,22,26)(H,27,28)/t15-,16?/m0/s1. The fraction of sp³-hybridized carbons (Fsp3) is 0.722. The summed E-state index contributed by atoms with van der Waals surface area (Å²) in [5.41, 5.74) is 0. The summed E-state index contributed by atoms with van der Waals surface area (Å²) in [6.45, 7) is 5.01. The molecule has 0 saturated heterocycles. The molecule has 5 N–H and O–H groups in total. The first-order valence-corrected chi connectivity index (χ1v) is 9.42. The number of unbranched alkanes of at least 4 members (excludes halogenated alkanes) is 2. The summed E-state index contributed by atoms with van der Waals surface area (Å²) in [6.07, 6.45) is 2.87. The predicted octanol–water partition coefficient (Wildman–Crippen LogP) is -0.327. The van der Waals surface area contributed by atoms with Gasteiger partial charge in [-0.3, -0.25) is 19.2 Å². The van der Waals surface area contributed by atoms with Gasteiger partial charge in [-0.2, -0.15) is 0 Å². The fourth-order valence-corrected chi connectivity index (χ4v) is 2.52. The lowest BCUT2D eigenvalue weighted by atomic mass is 10.1. The van der Waals surface area contributed by atoms with Crippen molar-refractivity contribution in [2.24, 2.45) is 0 Å². The van der Waals surface area contributed by atoms with E-state index in [9.17, 15) is 29.1 Å². The Balaban J connectivity index is 4.53. The molecular weight excluding hydrogens is 368 g/mol. The van der Waals surface area contributed by atoms with Crippen LogP contribution >= 0.6 is 0 Å². The Morgan fingerprint density at radius 2 is 1.14 bits per heavy atom. The van der Waals surface area contributed by atoms with Gasteiger partial charge in [-0.15, -0.1) is 0 Å². The molecule has 10 nitrogen and oxygen atoms in total. The van der Waals surface area contributed by atoms with E-state index < -0.39 is 24.0 Å². The highest BCUT2D eigenvalue weighted by Crippen LogP contribution is 2.05. The van der Waals surface area contributed by atoms with Crippen LogP contribution in [0, 0.1) is 0 Å². The van der Waals surface area contributed by atoms with Gasteiger partial charge in [0.05, 0.1) is 0 Å². The summed E-state index contributed by atoms with van der Waals surface area (Å²) in [7, 11) is 0. The molecule has 1 unspecified atom stereocenters. The van der Waals surface area contributed by atoms with E-state index in [1.807, 2.05) is 0 Å². The Bertz CT molecular complexity index is 552. The molecule has 0 bridgehead atoms. The Morgan fingerprint density at radius 1 is 0.679 bits per heavy atom. The SMILES string of the molecule is CC(=O)NCCCCC(NC(=O)[C@H](CCCCNC(C)=O)NC(C)=O)C(=O)O. The first-order chi connectivity index (χ1) is 13.1. The van der Waals surface area contributed by atoms with Crippen molar-refractivity contribution >= 4 is 29.6 Å². The lowest BCUT2D eigenvalue weighted by Crippen LogP contribution is -2.51. The molecule has 0 saturated carbocycles. The third-order valence-electron chi connectivity index (χ3n) is 3.90. The molecule has 0 aromatic rings. The van der Waals surface area contributed by atoms with Crippen molar-refractivity contribution in [1.82, 2.24) is 21.3 Å². The Kier molecular flexibility index (Phi) is 13.0. The zero-order valence-corrected chi connectivity index (χ0v) is 16.8. The fourth-order valence-electron chi connectivity index (χ4n) is 2.52. The van der Waals surface area contributed by atoms with E-state index in [0.29, 0.717) is 45.2 Å². The normalized spacial score (nSPS) is 12.4. The van der Waals surface area contributed by atoms with E-state index in [2.05, 4.69) is 21.3 Å². The van der Waals surface area contributed by atoms with Crippen LogP contribution < -0.4 is 21.3 Å². The maximum Gasteiger partial charge on any atom is 0.326 e. The van der Waals surface area contributed by atoms with Gasteiger partial charge in [0.25, 0.3) is 0 Å². The maximum atomic E-state index is 12.4. The van der Waals surface area contributed by atoms with Gasteiger partial charge in [0, 0.05) is 33.9 Å². The van der Waals surface area contributed by atoms with Gasteiger partial charge in [0.15, 0.2) is 0 Å². The van der Waals surface area contributed by atoms with E-state index in [-0.39, 0.29) is 24.1 Å². The largest absolute Gasteiger partial charge is 0.480 e. The molecule has 28 heavy (non-hydrogen) atoms. The minimum atomic E-state index is -1.15. The van der Waals surface area contributed by atoms with Gasteiger partial charge >= 0.3 is 5.97 Å². The minimum Gasteiger partial charge on any atom is -0.480 e. The average Bonchev–Trinajstić information content (AvgIpc) is 2.57. The molecule has 0 rings (SSSR count). The zero-order valence-electron chi connectivity index (χ0n) is 16.8. The zero-order chi connectivity index (χ0) is 21.5. The van der Waals surface area contributed by atoms with Gasteiger partial charge in [0.1, 0.15) is 12.1 Å². The van der Waals surface area contributed by atoms with Gasteiger partial charge in [-0.1, -0.05) is 0 Å². The van der Waals surface area contributed by atoms with Crippen LogP contribution in [0.4, 0.5) is 0 Å². The quantitative estimate of drug-likeness (QED) is 0.252. The monoisotopic (exact) mass is 400 g/mol. The van der Waals surface area contributed by atoms with E-state index in [1.54, 1.807) is 0 Å². The molecule has 160 valence electrons. The van der Waals surface area contributed by atoms with E-state index in [4.69, 9.17) is 0 Å². The molecule has 0 radical (unpaired) electrons. The molecule has 4 amide bonds. The second-order valence-electron chi connectivity index (χ2n) is 6.61. The van der Waals surface area contributed by atoms with E-state index in [0.717, 1.165) is 0 Å². The number of rotatable bonds is 14. The second-order valence-corrected chi connectivity index (χ2v) is 6.61. The lowest BCUT2D eigenvalue weighted by Gasteiger charge is -2.21. The highest BCUT2D eigenvalue weighted by Gasteiger charge is 2.25. The van der Waals surface area contributed by atoms with Crippen LogP contribution in [0.15, 0.2) is 0 Å². The van der Waals surface area contributed by atoms with E-state index >= 15 is 0 Å². The summed E-state index contributed by atoms with van der Waals surface area (Å²) < 4.78 is 0. The van der Waals surface area contributed by atoms with Crippen molar-refractivity contribution in [1.29, 1.82) is 0 Å². The number of amides is 4. The lowest BCUT2D eigenvalue weighted by molar-refractivity contribution is -0.142. The topological polar surface area (TPSA) is 154 Å². The van der Waals surface area contributed by atoms with Crippen LogP contribution in [-0.4, -0.2) is 59.9 Å². The van der Waals surface area contributed by atoms with Crippen LogP contribution in [-0.2, 0) is 24.0 Å². The Hall–Kier alpha value is -2.65. The maximum absolute atomic E-state index is 12.4. The third-order valence-corrected chi connectivity index (χ3v) is 3.90. The number of carboxylic acid groups (broad SMARTS) is 1. The van der Waals surface area contributed by atoms with Crippen LogP contribution in [0.3, 0.4) is 0 Å². The van der Waals surface area contributed by atoms with Crippen LogP contribution in [0.2, 0.25) is 0 Å². The Labute approximate surface area is 165 Å². The number of hydrogen-bond acceptors (Lipinski definition) is 5. The van der Waals surface area contributed by atoms with Crippen LogP contribution in [0.25, 0.3) is 0 Å². The smallest absolute Gasteiger partial charge is 0.326 e. The number of nitrogens with one attached hydrogen (secondary N) is 4. The van der Waals surface area contributed by atoms with Crippen molar-refractivity contribution in [2.75, 3.05) is 13.1 Å². The highest BCUT2D eigenvalue weighted by atomic mass is 16.4. The average molecular weight is 400 g/mol. The van der Waals surface area contributed by atoms with Crippen molar-refractivity contribution in [3.8, 4) is 0 Å². The van der Waals surface area contributed by atoms with Crippen molar-refractivity contribution in [3.63, 3.8) is 0 Å². The van der Waals surface area contributed by atoms with Crippen LogP contribution in [0.5, 0.6) is 0 Å². The first-order valence-electron chi connectivity index (χ1n) is 9.42. The van der Waals surface area contributed by atoms with Gasteiger partial charge in [-0.25, -0.2) is 4.79 Å². The van der Waals surface area contributed by atoms with Gasteiger partial charge < -0.3 is 26.4 Å². The molecular formula is C18H32N4O6. The van der Waals surface area contributed by atoms with E-state index in [1.165, 1.54) is 20.8 Å². The number of carbonyl (C=O) groups excluding carboxylic acids is 4. The number of aliphatic carboxylic acids is 1.